The highest BCUT2D eigenvalue weighted by molar-refractivity contribution is 6.54. The Hall–Kier alpha value is -1.56. The van der Waals surface area contributed by atoms with E-state index >= 15 is 0 Å². The van der Waals surface area contributed by atoms with Crippen molar-refractivity contribution in [1.29, 1.82) is 0 Å². The van der Waals surface area contributed by atoms with Crippen LogP contribution in [0.4, 0.5) is 0 Å². The molecule has 5 nitrogen and oxygen atoms in total. The summed E-state index contributed by atoms with van der Waals surface area (Å²) in [5.74, 6) is 0.738. The van der Waals surface area contributed by atoms with Gasteiger partial charge in [-0.1, -0.05) is 31.6 Å². The van der Waals surface area contributed by atoms with Gasteiger partial charge in [-0.3, -0.25) is 14.5 Å². The van der Waals surface area contributed by atoms with Crippen LogP contribution in [0.2, 0.25) is 0 Å². The van der Waals surface area contributed by atoms with Crippen molar-refractivity contribution < 1.29 is 18.9 Å². The molecule has 1 heterocycles. The molecule has 1 rings (SSSR count). The molecule has 0 amide bonds. The summed E-state index contributed by atoms with van der Waals surface area (Å²) >= 11 is 0. The summed E-state index contributed by atoms with van der Waals surface area (Å²) < 4.78 is 9.99. The summed E-state index contributed by atoms with van der Waals surface area (Å²) in [7, 11) is 0.733. The second-order valence-electron chi connectivity index (χ2n) is 4.12. The second-order valence-corrected chi connectivity index (χ2v) is 4.12. The van der Waals surface area contributed by atoms with Gasteiger partial charge in [0.2, 0.25) is 0 Å². The van der Waals surface area contributed by atoms with Crippen molar-refractivity contribution in [3.63, 3.8) is 0 Å². The first-order valence-electron chi connectivity index (χ1n) is 6.02. The molecule has 1 fully saturated rings. The number of hydrogen-bond acceptors (Lipinski definition) is 5. The number of unbranched alkanes of at least 4 members (excludes halogenated alkanes) is 1. The minimum absolute atomic E-state index is 0.0884. The molecule has 0 aromatic rings. The minimum atomic E-state index is -0.926. The Kier molecular flexibility index (Phi) is 6.21. The van der Waals surface area contributed by atoms with Crippen LogP contribution in [-0.2, 0) is 18.9 Å². The zero-order valence-corrected chi connectivity index (χ0v) is 10.8. The van der Waals surface area contributed by atoms with E-state index in [1.807, 2.05) is 12.2 Å². The van der Waals surface area contributed by atoms with Gasteiger partial charge in [-0.25, -0.2) is 0 Å². The van der Waals surface area contributed by atoms with E-state index in [1.165, 1.54) is 0 Å². The van der Waals surface area contributed by atoms with E-state index in [4.69, 9.17) is 9.31 Å². The maximum Gasteiger partial charge on any atom is 0.628 e. The predicted octanol–water partition coefficient (Wildman–Crippen LogP) is 0.958. The molecule has 0 aromatic heterocycles. The molecule has 0 N–H and O–H groups in total. The fraction of sp³-hybridized carbons (Fsp3) is 0.500. The van der Waals surface area contributed by atoms with Crippen molar-refractivity contribution in [1.82, 2.24) is 4.90 Å². The number of hydrogen-bond donors (Lipinski definition) is 0. The van der Waals surface area contributed by atoms with Crippen molar-refractivity contribution >= 4 is 19.1 Å². The average Bonchev–Trinajstić information content (AvgIpc) is 2.26. The summed E-state index contributed by atoms with van der Waals surface area (Å²) in [6.45, 7) is 2.26. The lowest BCUT2D eigenvalue weighted by molar-refractivity contribution is -0.145. The summed E-state index contributed by atoms with van der Waals surface area (Å²) in [5.41, 5.74) is 0. The highest BCUT2D eigenvalue weighted by Crippen LogP contribution is 2.01. The molecular formula is C12H18BNO4. The first kappa shape index (κ1) is 14.5. The number of rotatable bonds is 4. The summed E-state index contributed by atoms with van der Waals surface area (Å²) in [6, 6.07) is 0. The van der Waals surface area contributed by atoms with Gasteiger partial charge in [-0.15, -0.1) is 0 Å². The van der Waals surface area contributed by atoms with E-state index in [2.05, 4.69) is 6.92 Å². The molecule has 18 heavy (non-hydrogen) atoms. The average molecular weight is 251 g/mol. The Morgan fingerprint density at radius 3 is 2.39 bits per heavy atom. The van der Waals surface area contributed by atoms with Crippen LogP contribution in [0.15, 0.2) is 24.2 Å². The smallest absolute Gasteiger partial charge is 0.495 e. The molecule has 0 radical (unpaired) electrons. The highest BCUT2D eigenvalue weighted by atomic mass is 16.6. The summed E-state index contributed by atoms with van der Waals surface area (Å²) in [5, 5.41) is 0. The first-order chi connectivity index (χ1) is 8.61. The van der Waals surface area contributed by atoms with Crippen LogP contribution in [0.5, 0.6) is 0 Å². The molecule has 0 spiro atoms. The molecule has 0 saturated carbocycles. The van der Waals surface area contributed by atoms with Crippen LogP contribution in [-0.4, -0.2) is 44.1 Å². The van der Waals surface area contributed by atoms with Crippen molar-refractivity contribution in [3.8, 4) is 0 Å². The van der Waals surface area contributed by atoms with Gasteiger partial charge >= 0.3 is 19.1 Å². The van der Waals surface area contributed by atoms with E-state index in [9.17, 15) is 9.59 Å². The quantitative estimate of drug-likeness (QED) is 0.550. The van der Waals surface area contributed by atoms with Crippen molar-refractivity contribution in [2.24, 2.45) is 0 Å². The van der Waals surface area contributed by atoms with E-state index in [-0.39, 0.29) is 13.1 Å². The predicted molar refractivity (Wildman–Crippen MR) is 68.6 cm³/mol. The normalized spacial score (nSPS) is 18.9. The van der Waals surface area contributed by atoms with E-state index in [0.717, 1.165) is 12.8 Å². The Labute approximate surface area is 108 Å². The fourth-order valence-corrected chi connectivity index (χ4v) is 1.43. The zero-order chi connectivity index (χ0) is 13.4. The molecule has 1 saturated heterocycles. The Morgan fingerprint density at radius 2 is 1.83 bits per heavy atom. The molecule has 0 atom stereocenters. The monoisotopic (exact) mass is 251 g/mol. The lowest BCUT2D eigenvalue weighted by atomic mass is 9.89. The van der Waals surface area contributed by atoms with Gasteiger partial charge in [0.25, 0.3) is 0 Å². The molecule has 6 heteroatoms. The third-order valence-corrected chi connectivity index (χ3v) is 2.26. The van der Waals surface area contributed by atoms with Gasteiger partial charge < -0.3 is 9.31 Å². The van der Waals surface area contributed by atoms with Gasteiger partial charge in [0.15, 0.2) is 0 Å². The fourth-order valence-electron chi connectivity index (χ4n) is 1.43. The Balaban J connectivity index is 2.52. The number of carbonyl (C=O) groups excluding carboxylic acids is 2. The molecule has 1 aliphatic heterocycles. The highest BCUT2D eigenvalue weighted by Gasteiger charge is 2.28. The molecule has 0 unspecified atom stereocenters. The summed E-state index contributed by atoms with van der Waals surface area (Å²) in [4.78, 5) is 24.3. The third kappa shape index (κ3) is 5.68. The Morgan fingerprint density at radius 1 is 1.22 bits per heavy atom. The zero-order valence-electron chi connectivity index (χ0n) is 10.8. The van der Waals surface area contributed by atoms with Crippen LogP contribution in [0, 0.1) is 0 Å². The van der Waals surface area contributed by atoms with Gasteiger partial charge in [-0.2, -0.15) is 0 Å². The van der Waals surface area contributed by atoms with Crippen LogP contribution in [0.3, 0.4) is 0 Å². The largest absolute Gasteiger partial charge is 0.628 e. The topological polar surface area (TPSA) is 55.8 Å². The van der Waals surface area contributed by atoms with Crippen LogP contribution in [0.25, 0.3) is 0 Å². The maximum atomic E-state index is 11.4. The lowest BCUT2D eigenvalue weighted by Gasteiger charge is -2.20. The molecule has 0 aliphatic carbocycles. The Bertz CT molecular complexity index is 334. The van der Waals surface area contributed by atoms with Crippen molar-refractivity contribution in [2.45, 2.75) is 19.8 Å². The summed E-state index contributed by atoms with van der Waals surface area (Å²) in [6.07, 6.45) is 7.61. The lowest BCUT2D eigenvalue weighted by Crippen LogP contribution is -2.41. The van der Waals surface area contributed by atoms with Gasteiger partial charge in [0.1, 0.15) is 0 Å². The van der Waals surface area contributed by atoms with Crippen molar-refractivity contribution in [2.75, 3.05) is 20.1 Å². The van der Waals surface area contributed by atoms with Crippen LogP contribution < -0.4 is 0 Å². The van der Waals surface area contributed by atoms with Gasteiger partial charge in [0.05, 0.1) is 13.1 Å². The molecular weight excluding hydrogens is 233 g/mol. The molecule has 0 aromatic carbocycles. The number of allylic oxidation sites excluding steroid dienone is 3. The van der Waals surface area contributed by atoms with Gasteiger partial charge in [-0.05, 0) is 19.4 Å². The standard InChI is InChI=1S/C12H18BNO4/c1-3-4-5-6-7-8-13-17-11(15)9-14(2)10-12(16)18-13/h5-8H,3-4,9-10H2,1-2H3/b6-5+,8-7-. The van der Waals surface area contributed by atoms with Crippen molar-refractivity contribution in [3.05, 3.63) is 24.2 Å². The molecule has 98 valence electrons. The van der Waals surface area contributed by atoms with E-state index < -0.39 is 19.1 Å². The maximum absolute atomic E-state index is 11.4. The number of nitrogens with zero attached hydrogens (tertiary/aromatic N) is 1. The second kappa shape index (κ2) is 7.71. The first-order valence-corrected chi connectivity index (χ1v) is 6.02. The van der Waals surface area contributed by atoms with E-state index in [1.54, 1.807) is 24.0 Å². The van der Waals surface area contributed by atoms with E-state index in [0.29, 0.717) is 0 Å². The molecule has 0 bridgehead atoms. The van der Waals surface area contributed by atoms with Crippen LogP contribution in [0.1, 0.15) is 19.8 Å². The third-order valence-electron chi connectivity index (χ3n) is 2.26. The number of likely N-dealkylation sites (N-methyl/N-ethyl adjacent to an activating group) is 1. The minimum Gasteiger partial charge on any atom is -0.495 e. The van der Waals surface area contributed by atoms with Gasteiger partial charge in [0, 0.05) is 0 Å². The number of carbonyl (C=O) groups is 2. The molecule has 1 aliphatic rings. The van der Waals surface area contributed by atoms with Crippen LogP contribution >= 0.6 is 0 Å². The SMILES string of the molecule is CCC/C=C/C=C\B1OC(=O)CN(C)CC(=O)O1.